The lowest BCUT2D eigenvalue weighted by atomic mass is 10.1. The molecule has 0 N–H and O–H groups in total. The van der Waals surface area contributed by atoms with Crippen LogP contribution in [0.25, 0.3) is 5.03 Å². The molecule has 0 unspecified atom stereocenters. The molecule has 0 aliphatic rings. The Bertz CT molecular complexity index is 624. The summed E-state index contributed by atoms with van der Waals surface area (Å²) in [6, 6.07) is 16.3. The van der Waals surface area contributed by atoms with E-state index in [1.54, 1.807) is 11.8 Å². The Labute approximate surface area is 133 Å². The predicted molar refractivity (Wildman–Crippen MR) is 89.9 cm³/mol. The molecule has 0 fully saturated rings. The van der Waals surface area contributed by atoms with Crippen molar-refractivity contribution in [1.82, 2.24) is 0 Å². The highest BCUT2D eigenvalue weighted by atomic mass is 35.5. The summed E-state index contributed by atoms with van der Waals surface area (Å²) in [6.45, 7) is 3.41. The lowest BCUT2D eigenvalue weighted by molar-refractivity contribution is 1.29. The minimum atomic E-state index is 0.403. The van der Waals surface area contributed by atoms with Gasteiger partial charge in [-0.3, -0.25) is 4.99 Å². The average Bonchev–Trinajstić information content (AvgIpc) is 2.48. The molecule has 0 saturated heterocycles. The number of hydrogen-bond acceptors (Lipinski definition) is 2. The van der Waals surface area contributed by atoms with Crippen LogP contribution >= 0.6 is 35.0 Å². The second-order valence-electron chi connectivity index (χ2n) is 4.03. The van der Waals surface area contributed by atoms with E-state index >= 15 is 0 Å². The zero-order chi connectivity index (χ0) is 14.4. The van der Waals surface area contributed by atoms with E-state index in [1.807, 2.05) is 30.3 Å². The fraction of sp³-hybridized carbons (Fsp3) is 0.0625. The van der Waals surface area contributed by atoms with Crippen molar-refractivity contribution >= 4 is 46.7 Å². The minimum Gasteiger partial charge on any atom is -0.271 e. The summed E-state index contributed by atoms with van der Waals surface area (Å²) in [5.41, 5.74) is 1.88. The number of rotatable bonds is 5. The molecule has 0 amide bonds. The molecule has 0 spiro atoms. The molecule has 0 bridgehead atoms. The van der Waals surface area contributed by atoms with E-state index in [1.165, 1.54) is 11.1 Å². The van der Waals surface area contributed by atoms with Crippen molar-refractivity contribution in [2.24, 2.45) is 4.99 Å². The highest BCUT2D eigenvalue weighted by Gasteiger charge is 2.07. The maximum atomic E-state index is 6.16. The molecule has 2 rings (SSSR count). The molecule has 102 valence electrons. The van der Waals surface area contributed by atoms with Crippen LogP contribution in [0.15, 0.2) is 69.5 Å². The third kappa shape index (κ3) is 3.89. The number of aliphatic imine (C=N–C) groups is 1. The first-order valence-corrected chi connectivity index (χ1v) is 7.71. The van der Waals surface area contributed by atoms with Crippen LogP contribution in [0.5, 0.6) is 0 Å². The van der Waals surface area contributed by atoms with Crippen LogP contribution in [0.3, 0.4) is 0 Å². The number of hydrogen-bond donors (Lipinski definition) is 0. The molecule has 2 aromatic carbocycles. The molecule has 0 heterocycles. The van der Waals surface area contributed by atoms with E-state index in [4.69, 9.17) is 23.2 Å². The first-order chi connectivity index (χ1) is 9.74. The molecule has 0 aliphatic carbocycles. The topological polar surface area (TPSA) is 12.4 Å². The molecule has 0 aliphatic heterocycles. The number of halogens is 2. The van der Waals surface area contributed by atoms with Crippen molar-refractivity contribution in [3.05, 3.63) is 65.9 Å². The minimum absolute atomic E-state index is 0.403. The molecule has 20 heavy (non-hydrogen) atoms. The molecule has 0 radical (unpaired) electrons. The first-order valence-electron chi connectivity index (χ1n) is 5.98. The molecule has 0 aromatic heterocycles. The Balaban J connectivity index is 2.30. The fourth-order valence-corrected chi connectivity index (χ4v) is 3.13. The lowest BCUT2D eigenvalue weighted by Gasteiger charge is -2.09. The molecule has 1 nitrogen and oxygen atoms in total. The van der Waals surface area contributed by atoms with Crippen LogP contribution in [0, 0.1) is 0 Å². The maximum absolute atomic E-state index is 6.16. The van der Waals surface area contributed by atoms with Gasteiger partial charge >= 0.3 is 0 Å². The zero-order valence-corrected chi connectivity index (χ0v) is 13.1. The van der Waals surface area contributed by atoms with Crippen LogP contribution in [-0.4, -0.2) is 6.72 Å². The third-order valence-electron chi connectivity index (χ3n) is 2.66. The van der Waals surface area contributed by atoms with Crippen LogP contribution in [0.4, 0.5) is 0 Å². The van der Waals surface area contributed by atoms with Gasteiger partial charge in [0, 0.05) is 21.9 Å². The van der Waals surface area contributed by atoms with E-state index < -0.39 is 0 Å². The summed E-state index contributed by atoms with van der Waals surface area (Å²) in [5, 5.41) is 0.548. The standard InChI is InChI=1S/C16H13Cl2NS/c1-19-11-16(18)15-8-7-14(9-12(15)10-17)20-13-5-3-2-4-6-13/h2-9,11H,1,10H2/b16-11+. The van der Waals surface area contributed by atoms with Crippen LogP contribution in [-0.2, 0) is 5.88 Å². The normalized spacial score (nSPS) is 11.4. The molecular weight excluding hydrogens is 309 g/mol. The van der Waals surface area contributed by atoms with Gasteiger partial charge in [0.2, 0.25) is 0 Å². The summed E-state index contributed by atoms with van der Waals surface area (Å²) in [7, 11) is 0. The van der Waals surface area contributed by atoms with Gasteiger partial charge in [0.1, 0.15) is 0 Å². The molecule has 4 heteroatoms. The number of alkyl halides is 1. The quantitative estimate of drug-likeness (QED) is 0.499. The third-order valence-corrected chi connectivity index (χ3v) is 4.25. The summed E-state index contributed by atoms with van der Waals surface area (Å²) >= 11 is 13.9. The van der Waals surface area contributed by atoms with E-state index in [9.17, 15) is 0 Å². The van der Waals surface area contributed by atoms with Crippen molar-refractivity contribution in [1.29, 1.82) is 0 Å². The monoisotopic (exact) mass is 321 g/mol. The van der Waals surface area contributed by atoms with Crippen molar-refractivity contribution in [3.63, 3.8) is 0 Å². The van der Waals surface area contributed by atoms with E-state index in [0.29, 0.717) is 10.9 Å². The van der Waals surface area contributed by atoms with Gasteiger partial charge in [-0.25, -0.2) is 0 Å². The van der Waals surface area contributed by atoms with Gasteiger partial charge in [-0.05, 0) is 42.1 Å². The van der Waals surface area contributed by atoms with Gasteiger partial charge in [0.05, 0.1) is 5.03 Å². The van der Waals surface area contributed by atoms with Crippen molar-refractivity contribution < 1.29 is 0 Å². The van der Waals surface area contributed by atoms with Crippen LogP contribution in [0.1, 0.15) is 11.1 Å². The Morgan fingerprint density at radius 3 is 2.55 bits per heavy atom. The fourth-order valence-electron chi connectivity index (χ4n) is 1.75. The Morgan fingerprint density at radius 2 is 1.90 bits per heavy atom. The second kappa shape index (κ2) is 7.53. The Kier molecular flexibility index (Phi) is 5.72. The van der Waals surface area contributed by atoms with Crippen molar-refractivity contribution in [2.75, 3.05) is 0 Å². The maximum Gasteiger partial charge on any atom is 0.0664 e. The summed E-state index contributed by atoms with van der Waals surface area (Å²) in [6.07, 6.45) is 1.52. The summed E-state index contributed by atoms with van der Waals surface area (Å²) in [5.74, 6) is 0.403. The average molecular weight is 322 g/mol. The Morgan fingerprint density at radius 1 is 1.15 bits per heavy atom. The second-order valence-corrected chi connectivity index (χ2v) is 5.85. The van der Waals surface area contributed by atoms with E-state index in [2.05, 4.69) is 29.9 Å². The van der Waals surface area contributed by atoms with E-state index in [-0.39, 0.29) is 0 Å². The smallest absolute Gasteiger partial charge is 0.0664 e. The highest BCUT2D eigenvalue weighted by molar-refractivity contribution is 7.99. The SMILES string of the molecule is C=N/C=C(/Cl)c1ccc(Sc2ccccc2)cc1CCl. The van der Waals surface area contributed by atoms with Crippen molar-refractivity contribution in [3.8, 4) is 0 Å². The summed E-state index contributed by atoms with van der Waals surface area (Å²) in [4.78, 5) is 6.01. The van der Waals surface area contributed by atoms with Crippen LogP contribution in [0.2, 0.25) is 0 Å². The van der Waals surface area contributed by atoms with Crippen molar-refractivity contribution in [2.45, 2.75) is 15.7 Å². The zero-order valence-electron chi connectivity index (χ0n) is 10.7. The Hall–Kier alpha value is -1.22. The van der Waals surface area contributed by atoms with Gasteiger partial charge in [-0.1, -0.05) is 47.6 Å². The largest absolute Gasteiger partial charge is 0.271 e. The van der Waals surface area contributed by atoms with Gasteiger partial charge in [0.15, 0.2) is 0 Å². The van der Waals surface area contributed by atoms with E-state index in [0.717, 1.165) is 16.0 Å². The van der Waals surface area contributed by atoms with Gasteiger partial charge in [-0.2, -0.15) is 0 Å². The molecule has 0 saturated carbocycles. The highest BCUT2D eigenvalue weighted by Crippen LogP contribution is 2.32. The molecular formula is C16H13Cl2NS. The summed E-state index contributed by atoms with van der Waals surface area (Å²) < 4.78 is 0. The first kappa shape index (κ1) is 15.2. The number of nitrogens with zero attached hydrogens (tertiary/aromatic N) is 1. The predicted octanol–water partition coefficient (Wildman–Crippen LogP) is 5.81. The lowest BCUT2D eigenvalue weighted by Crippen LogP contribution is -1.88. The molecule has 0 atom stereocenters. The number of benzene rings is 2. The van der Waals surface area contributed by atoms with Gasteiger partial charge in [-0.15, -0.1) is 11.6 Å². The van der Waals surface area contributed by atoms with Gasteiger partial charge < -0.3 is 0 Å². The van der Waals surface area contributed by atoms with Gasteiger partial charge in [0.25, 0.3) is 0 Å². The molecule has 2 aromatic rings. The van der Waals surface area contributed by atoms with Crippen LogP contribution < -0.4 is 0 Å².